The molecule has 3 aromatic carbocycles. The van der Waals surface area contributed by atoms with Gasteiger partial charge in [-0.15, -0.1) is 11.3 Å². The molecule has 2 amide bonds. The number of nitrogens with zero attached hydrogens (tertiary/aromatic N) is 2. The number of nitrogens with one attached hydrogen (secondary N) is 2. The van der Waals surface area contributed by atoms with E-state index in [9.17, 15) is 19.1 Å². The lowest BCUT2D eigenvalue weighted by Gasteiger charge is -2.25. The molecule has 0 bridgehead atoms. The Bertz CT molecular complexity index is 1450. The fourth-order valence-corrected chi connectivity index (χ4v) is 5.32. The van der Waals surface area contributed by atoms with E-state index in [1.807, 2.05) is 48.7 Å². The van der Waals surface area contributed by atoms with Crippen molar-refractivity contribution < 1.29 is 19.1 Å². The molecule has 0 aliphatic carbocycles. The lowest BCUT2D eigenvalue weighted by atomic mass is 10.00. The van der Waals surface area contributed by atoms with Gasteiger partial charge in [0, 0.05) is 42.3 Å². The van der Waals surface area contributed by atoms with Crippen LogP contribution < -0.4 is 10.6 Å². The summed E-state index contributed by atoms with van der Waals surface area (Å²) in [5.41, 5.74) is 4.12. The minimum atomic E-state index is -0.902. The number of alkyl halides is 1. The summed E-state index contributed by atoms with van der Waals surface area (Å²) in [5.74, 6) is -0.595. The molecule has 0 aliphatic rings. The summed E-state index contributed by atoms with van der Waals surface area (Å²) in [6.07, 6.45) is -0.484. The van der Waals surface area contributed by atoms with Gasteiger partial charge in [0.15, 0.2) is 0 Å². The summed E-state index contributed by atoms with van der Waals surface area (Å²) in [5, 5.41) is 20.1. The van der Waals surface area contributed by atoms with Gasteiger partial charge >= 0.3 is 0 Å². The van der Waals surface area contributed by atoms with Gasteiger partial charge in [-0.3, -0.25) is 9.59 Å². The third-order valence-electron chi connectivity index (χ3n) is 6.67. The first-order chi connectivity index (χ1) is 19.8. The van der Waals surface area contributed by atoms with E-state index < -0.39 is 18.8 Å². The molecule has 0 saturated carbocycles. The van der Waals surface area contributed by atoms with Crippen LogP contribution in [0.3, 0.4) is 0 Å². The third kappa shape index (κ3) is 8.78. The minimum absolute atomic E-state index is 0.214. The molecule has 4 rings (SSSR count). The van der Waals surface area contributed by atoms with Gasteiger partial charge in [-0.05, 0) is 48.2 Å². The molecule has 1 heterocycles. The zero-order valence-corrected chi connectivity index (χ0v) is 24.0. The van der Waals surface area contributed by atoms with E-state index in [0.29, 0.717) is 36.2 Å². The molecule has 2 atom stereocenters. The molecule has 214 valence electrons. The van der Waals surface area contributed by atoms with E-state index in [4.69, 9.17) is 0 Å². The Morgan fingerprint density at radius 1 is 0.976 bits per heavy atom. The number of carbonyl (C=O) groups excluding carboxylic acids is 2. The summed E-state index contributed by atoms with van der Waals surface area (Å²) in [6, 6.07) is 22.8. The Hall–Kier alpha value is -3.92. The van der Waals surface area contributed by atoms with E-state index in [1.54, 1.807) is 54.4 Å². The zero-order valence-electron chi connectivity index (χ0n) is 23.2. The standard InChI is InChI=1S/C32H35FN4O3S/c1-22-21-41-30(35-22)20-37(2)32(40)27-13-7-12-26(16-27)31(39)36-28(15-23-8-4-3-5-9-23)29(38)19-34-18-25-11-6-10-24(14-25)17-33/h3-14,16,21,28-29,34,38H,15,17-20H2,1-2H3,(H,36,39). The molecule has 0 radical (unpaired) electrons. The quantitative estimate of drug-likeness (QED) is 0.216. The van der Waals surface area contributed by atoms with Crippen molar-refractivity contribution in [3.05, 3.63) is 123 Å². The molecule has 1 aromatic heterocycles. The van der Waals surface area contributed by atoms with E-state index in [1.165, 1.54) is 11.3 Å². The molecular formula is C32H35FN4O3S. The van der Waals surface area contributed by atoms with Gasteiger partial charge in [0.1, 0.15) is 11.7 Å². The predicted octanol–water partition coefficient (Wildman–Crippen LogP) is 4.69. The molecule has 2 unspecified atom stereocenters. The predicted molar refractivity (Wildman–Crippen MR) is 159 cm³/mol. The van der Waals surface area contributed by atoms with Crippen molar-refractivity contribution in [2.45, 2.75) is 45.3 Å². The van der Waals surface area contributed by atoms with E-state index in [-0.39, 0.29) is 18.4 Å². The lowest BCUT2D eigenvalue weighted by Crippen LogP contribution is -2.48. The first-order valence-corrected chi connectivity index (χ1v) is 14.3. The van der Waals surface area contributed by atoms with Gasteiger partial charge < -0.3 is 20.6 Å². The van der Waals surface area contributed by atoms with Gasteiger partial charge in [-0.25, -0.2) is 9.37 Å². The number of aliphatic hydroxyl groups excluding tert-OH is 1. The SMILES string of the molecule is Cc1csc(CN(C)C(=O)c2cccc(C(=O)NC(Cc3ccccc3)C(O)CNCc3cccc(CF)c3)c2)n1. The smallest absolute Gasteiger partial charge is 0.253 e. The topological polar surface area (TPSA) is 94.6 Å². The number of aromatic nitrogens is 1. The minimum Gasteiger partial charge on any atom is -0.390 e. The average molecular weight is 575 g/mol. The highest BCUT2D eigenvalue weighted by atomic mass is 32.1. The van der Waals surface area contributed by atoms with E-state index >= 15 is 0 Å². The highest BCUT2D eigenvalue weighted by Crippen LogP contribution is 2.15. The number of rotatable bonds is 13. The third-order valence-corrected chi connectivity index (χ3v) is 7.62. The fraction of sp³-hybridized carbons (Fsp3) is 0.281. The normalized spacial score (nSPS) is 12.5. The second-order valence-corrected chi connectivity index (χ2v) is 11.0. The molecule has 0 saturated heterocycles. The van der Waals surface area contributed by atoms with Gasteiger partial charge in [0.25, 0.3) is 11.8 Å². The second-order valence-electron chi connectivity index (χ2n) is 10.0. The van der Waals surface area contributed by atoms with Gasteiger partial charge in [0.2, 0.25) is 0 Å². The van der Waals surface area contributed by atoms with Crippen LogP contribution in [0.25, 0.3) is 0 Å². The maximum atomic E-state index is 13.3. The molecule has 7 nitrogen and oxygen atoms in total. The fourth-order valence-electron chi connectivity index (χ4n) is 4.50. The number of aryl methyl sites for hydroxylation is 1. The average Bonchev–Trinajstić information content (AvgIpc) is 3.41. The van der Waals surface area contributed by atoms with Crippen LogP contribution in [-0.2, 0) is 26.2 Å². The highest BCUT2D eigenvalue weighted by Gasteiger charge is 2.23. The van der Waals surface area contributed by atoms with Crippen LogP contribution in [0.15, 0.2) is 84.2 Å². The molecule has 41 heavy (non-hydrogen) atoms. The van der Waals surface area contributed by atoms with Crippen LogP contribution in [0.5, 0.6) is 0 Å². The second kappa shape index (κ2) is 14.6. The highest BCUT2D eigenvalue weighted by molar-refractivity contribution is 7.09. The summed E-state index contributed by atoms with van der Waals surface area (Å²) in [6.45, 7) is 2.43. The van der Waals surface area contributed by atoms with Crippen LogP contribution in [0.1, 0.15) is 48.1 Å². The van der Waals surface area contributed by atoms with Crippen molar-refractivity contribution in [2.75, 3.05) is 13.6 Å². The number of amides is 2. The van der Waals surface area contributed by atoms with Crippen LogP contribution in [0, 0.1) is 6.92 Å². The number of hydrogen-bond donors (Lipinski definition) is 3. The zero-order chi connectivity index (χ0) is 29.2. The molecule has 4 aromatic rings. The van der Waals surface area contributed by atoms with Crippen molar-refractivity contribution in [3.8, 4) is 0 Å². The van der Waals surface area contributed by atoms with Gasteiger partial charge in [-0.1, -0.05) is 60.7 Å². The van der Waals surface area contributed by atoms with Crippen molar-refractivity contribution in [3.63, 3.8) is 0 Å². The lowest BCUT2D eigenvalue weighted by molar-refractivity contribution is 0.0784. The van der Waals surface area contributed by atoms with Crippen molar-refractivity contribution in [1.29, 1.82) is 0 Å². The van der Waals surface area contributed by atoms with Gasteiger partial charge in [-0.2, -0.15) is 0 Å². The maximum absolute atomic E-state index is 13.3. The summed E-state index contributed by atoms with van der Waals surface area (Å²) >= 11 is 1.50. The number of carbonyl (C=O) groups is 2. The Labute approximate surface area is 244 Å². The van der Waals surface area contributed by atoms with Crippen LogP contribution in [-0.4, -0.2) is 52.5 Å². The number of halogens is 1. The number of benzene rings is 3. The first kappa shape index (κ1) is 30.0. The van der Waals surface area contributed by atoms with Gasteiger partial charge in [0.05, 0.1) is 18.7 Å². The summed E-state index contributed by atoms with van der Waals surface area (Å²) in [7, 11) is 1.71. The van der Waals surface area contributed by atoms with Crippen molar-refractivity contribution in [2.24, 2.45) is 0 Å². The van der Waals surface area contributed by atoms with E-state index in [2.05, 4.69) is 15.6 Å². The van der Waals surface area contributed by atoms with Crippen LogP contribution in [0.2, 0.25) is 0 Å². The maximum Gasteiger partial charge on any atom is 0.253 e. The van der Waals surface area contributed by atoms with Crippen molar-refractivity contribution in [1.82, 2.24) is 20.5 Å². The summed E-state index contributed by atoms with van der Waals surface area (Å²) < 4.78 is 13.0. The van der Waals surface area contributed by atoms with Crippen molar-refractivity contribution >= 4 is 23.2 Å². The Morgan fingerprint density at radius 2 is 1.68 bits per heavy atom. The number of thiazole rings is 1. The monoisotopic (exact) mass is 574 g/mol. The number of aliphatic hydroxyl groups is 1. The molecular weight excluding hydrogens is 539 g/mol. The molecule has 0 fully saturated rings. The van der Waals surface area contributed by atoms with E-state index in [0.717, 1.165) is 21.8 Å². The van der Waals surface area contributed by atoms with Crippen LogP contribution >= 0.6 is 11.3 Å². The molecule has 3 N–H and O–H groups in total. The Kier molecular flexibility index (Phi) is 10.7. The molecule has 0 spiro atoms. The van der Waals surface area contributed by atoms with Crippen LogP contribution in [0.4, 0.5) is 4.39 Å². The summed E-state index contributed by atoms with van der Waals surface area (Å²) in [4.78, 5) is 32.4. The molecule has 9 heteroatoms. The largest absolute Gasteiger partial charge is 0.390 e. The molecule has 0 aliphatic heterocycles. The Balaban J connectivity index is 1.42. The number of hydrogen-bond acceptors (Lipinski definition) is 6. The Morgan fingerprint density at radius 3 is 2.41 bits per heavy atom. The first-order valence-electron chi connectivity index (χ1n) is 13.5.